The van der Waals surface area contributed by atoms with Crippen LogP contribution in [0.2, 0.25) is 5.02 Å². The van der Waals surface area contributed by atoms with Crippen LogP contribution in [0.4, 0.5) is 17.1 Å². The van der Waals surface area contributed by atoms with Crippen LogP contribution in [-0.2, 0) is 9.59 Å². The van der Waals surface area contributed by atoms with Crippen molar-refractivity contribution in [1.82, 2.24) is 0 Å². The maximum atomic E-state index is 13.0. The summed E-state index contributed by atoms with van der Waals surface area (Å²) in [6.45, 7) is 1.85. The number of methoxy groups -OCH3 is 2. The summed E-state index contributed by atoms with van der Waals surface area (Å²) in [5, 5.41) is 6.31. The number of rotatable bonds is 5. The normalized spacial score (nSPS) is 15.9. The van der Waals surface area contributed by atoms with E-state index in [2.05, 4.69) is 10.6 Å². The molecular weight excluding hydrogens is 382 g/mol. The summed E-state index contributed by atoms with van der Waals surface area (Å²) in [4.78, 5) is 26.7. The number of ether oxygens (including phenoxy) is 2. The summed E-state index contributed by atoms with van der Waals surface area (Å²) >= 11 is 6.28. The monoisotopic (exact) mass is 403 g/mol. The number of hydrogen-bond donors (Lipinski definition) is 2. The number of carbonyl (C=O) groups is 2. The third-order valence-electron chi connectivity index (χ3n) is 4.53. The van der Waals surface area contributed by atoms with Crippen molar-refractivity contribution in [2.45, 2.75) is 19.4 Å². The number of nitrogens with one attached hydrogen (secondary N) is 2. The number of benzene rings is 2. The Morgan fingerprint density at radius 3 is 2.64 bits per heavy atom. The van der Waals surface area contributed by atoms with Gasteiger partial charge in [-0.3, -0.25) is 9.59 Å². The molecule has 148 valence electrons. The Hall–Kier alpha value is -2.93. The molecule has 3 rings (SSSR count). The summed E-state index contributed by atoms with van der Waals surface area (Å²) < 4.78 is 10.5. The minimum atomic E-state index is -0.279. The number of amides is 2. The molecule has 1 aliphatic heterocycles. The predicted octanol–water partition coefficient (Wildman–Crippen LogP) is 3.53. The molecule has 0 fully saturated rings. The molecule has 0 saturated carbocycles. The van der Waals surface area contributed by atoms with E-state index >= 15 is 0 Å². The standard InChI is InChI=1S/C20H22ClN3O4/c1-12-8-19(25)23-14-6-4-5-7-16(14)24(12)20(26)11-22-15-10-18(28-3)17(27-2)9-13(15)21/h4-7,9-10,12,22H,8,11H2,1-3H3,(H,23,25)/t12-/m0/s1. The quantitative estimate of drug-likeness (QED) is 0.798. The van der Waals surface area contributed by atoms with Crippen molar-refractivity contribution in [3.05, 3.63) is 41.4 Å². The Morgan fingerprint density at radius 2 is 1.93 bits per heavy atom. The Labute approximate surface area is 168 Å². The van der Waals surface area contributed by atoms with Crippen molar-refractivity contribution in [2.24, 2.45) is 0 Å². The first-order valence-corrected chi connectivity index (χ1v) is 9.18. The highest BCUT2D eigenvalue weighted by Gasteiger charge is 2.29. The van der Waals surface area contributed by atoms with Crippen LogP contribution in [0.25, 0.3) is 0 Å². The van der Waals surface area contributed by atoms with Gasteiger partial charge in [0, 0.05) is 24.6 Å². The van der Waals surface area contributed by atoms with Gasteiger partial charge in [-0.2, -0.15) is 0 Å². The molecule has 7 nitrogen and oxygen atoms in total. The highest BCUT2D eigenvalue weighted by molar-refractivity contribution is 6.33. The second kappa shape index (κ2) is 8.39. The van der Waals surface area contributed by atoms with Crippen molar-refractivity contribution in [1.29, 1.82) is 0 Å². The molecule has 2 amide bonds. The summed E-state index contributed by atoms with van der Waals surface area (Å²) in [7, 11) is 3.05. The first-order valence-electron chi connectivity index (χ1n) is 8.81. The fourth-order valence-electron chi connectivity index (χ4n) is 3.21. The van der Waals surface area contributed by atoms with E-state index in [-0.39, 0.29) is 30.8 Å². The Bertz CT molecular complexity index is 903. The van der Waals surface area contributed by atoms with E-state index in [0.717, 1.165) is 0 Å². The molecule has 1 aliphatic rings. The van der Waals surface area contributed by atoms with Gasteiger partial charge in [0.2, 0.25) is 11.8 Å². The van der Waals surface area contributed by atoms with Crippen LogP contribution in [0, 0.1) is 0 Å². The molecule has 2 aromatic carbocycles. The highest BCUT2D eigenvalue weighted by atomic mass is 35.5. The van der Waals surface area contributed by atoms with Crippen LogP contribution in [-0.4, -0.2) is 38.6 Å². The Balaban J connectivity index is 1.82. The van der Waals surface area contributed by atoms with Crippen molar-refractivity contribution >= 4 is 40.5 Å². The molecule has 0 aromatic heterocycles. The predicted molar refractivity (Wildman–Crippen MR) is 110 cm³/mol. The van der Waals surface area contributed by atoms with Gasteiger partial charge in [0.25, 0.3) is 0 Å². The molecule has 2 N–H and O–H groups in total. The molecule has 2 aromatic rings. The number of anilines is 3. The van der Waals surface area contributed by atoms with E-state index in [4.69, 9.17) is 21.1 Å². The van der Waals surface area contributed by atoms with Gasteiger partial charge in [0.05, 0.1) is 42.8 Å². The van der Waals surface area contributed by atoms with Gasteiger partial charge < -0.3 is 25.0 Å². The molecule has 1 heterocycles. The largest absolute Gasteiger partial charge is 0.493 e. The lowest BCUT2D eigenvalue weighted by molar-refractivity contribution is -0.118. The number of para-hydroxylation sites is 2. The first kappa shape index (κ1) is 19.8. The molecule has 0 bridgehead atoms. The third kappa shape index (κ3) is 3.99. The maximum absolute atomic E-state index is 13.0. The maximum Gasteiger partial charge on any atom is 0.246 e. The molecule has 0 unspecified atom stereocenters. The average Bonchev–Trinajstić information content (AvgIpc) is 2.80. The lowest BCUT2D eigenvalue weighted by atomic mass is 10.1. The van der Waals surface area contributed by atoms with Gasteiger partial charge in [-0.05, 0) is 19.1 Å². The highest BCUT2D eigenvalue weighted by Crippen LogP contribution is 2.36. The number of halogens is 1. The summed E-state index contributed by atoms with van der Waals surface area (Å²) in [6.07, 6.45) is 0.220. The van der Waals surface area contributed by atoms with Gasteiger partial charge in [0.1, 0.15) is 0 Å². The zero-order valence-corrected chi connectivity index (χ0v) is 16.7. The van der Waals surface area contributed by atoms with Crippen molar-refractivity contribution in [2.75, 3.05) is 36.3 Å². The van der Waals surface area contributed by atoms with Crippen molar-refractivity contribution in [3.8, 4) is 11.5 Å². The molecule has 8 heteroatoms. The van der Waals surface area contributed by atoms with E-state index in [1.807, 2.05) is 25.1 Å². The van der Waals surface area contributed by atoms with E-state index < -0.39 is 0 Å². The first-order chi connectivity index (χ1) is 13.4. The van der Waals surface area contributed by atoms with E-state index in [1.54, 1.807) is 23.1 Å². The smallest absolute Gasteiger partial charge is 0.246 e. The fraction of sp³-hybridized carbons (Fsp3) is 0.300. The van der Waals surface area contributed by atoms with Crippen molar-refractivity contribution < 1.29 is 19.1 Å². The number of hydrogen-bond acceptors (Lipinski definition) is 5. The molecule has 0 saturated heterocycles. The molecule has 0 spiro atoms. The zero-order valence-electron chi connectivity index (χ0n) is 15.9. The zero-order chi connectivity index (χ0) is 20.3. The van der Waals surface area contributed by atoms with Gasteiger partial charge >= 0.3 is 0 Å². The Kier molecular flexibility index (Phi) is 5.94. The lowest BCUT2D eigenvalue weighted by Crippen LogP contribution is -2.42. The van der Waals surface area contributed by atoms with Crippen LogP contribution < -0.4 is 25.0 Å². The molecular formula is C20H22ClN3O4. The van der Waals surface area contributed by atoms with Crippen LogP contribution in [0.5, 0.6) is 11.5 Å². The summed E-state index contributed by atoms with van der Waals surface area (Å²) in [6, 6.07) is 10.3. The average molecular weight is 404 g/mol. The van der Waals surface area contributed by atoms with Crippen molar-refractivity contribution in [3.63, 3.8) is 0 Å². The Morgan fingerprint density at radius 1 is 1.25 bits per heavy atom. The number of nitrogens with zero attached hydrogens (tertiary/aromatic N) is 1. The van der Waals surface area contributed by atoms with E-state index in [1.165, 1.54) is 14.2 Å². The second-order valence-corrected chi connectivity index (χ2v) is 6.83. The molecule has 1 atom stereocenters. The lowest BCUT2D eigenvalue weighted by Gasteiger charge is -2.28. The topological polar surface area (TPSA) is 79.9 Å². The van der Waals surface area contributed by atoms with E-state index in [0.29, 0.717) is 33.6 Å². The molecule has 28 heavy (non-hydrogen) atoms. The van der Waals surface area contributed by atoms with Gasteiger partial charge in [-0.25, -0.2) is 0 Å². The minimum absolute atomic E-state index is 0.00205. The van der Waals surface area contributed by atoms with Crippen LogP contribution in [0.3, 0.4) is 0 Å². The number of fused-ring (bicyclic) bond motifs is 1. The van der Waals surface area contributed by atoms with Gasteiger partial charge in [-0.15, -0.1) is 0 Å². The van der Waals surface area contributed by atoms with Crippen LogP contribution >= 0.6 is 11.6 Å². The van der Waals surface area contributed by atoms with E-state index in [9.17, 15) is 9.59 Å². The fourth-order valence-corrected chi connectivity index (χ4v) is 3.43. The van der Waals surface area contributed by atoms with Crippen LogP contribution in [0.15, 0.2) is 36.4 Å². The number of carbonyl (C=O) groups excluding carboxylic acids is 2. The van der Waals surface area contributed by atoms with Crippen LogP contribution in [0.1, 0.15) is 13.3 Å². The SMILES string of the molecule is COc1cc(Cl)c(NCC(=O)N2c3ccccc3NC(=O)C[C@@H]2C)cc1OC. The van der Waals surface area contributed by atoms with Gasteiger partial charge in [0.15, 0.2) is 11.5 Å². The molecule has 0 radical (unpaired) electrons. The minimum Gasteiger partial charge on any atom is -0.493 e. The molecule has 0 aliphatic carbocycles. The van der Waals surface area contributed by atoms with Gasteiger partial charge in [-0.1, -0.05) is 23.7 Å². The summed E-state index contributed by atoms with van der Waals surface area (Å²) in [5.74, 6) is 0.711. The summed E-state index contributed by atoms with van der Waals surface area (Å²) in [5.41, 5.74) is 1.85. The second-order valence-electron chi connectivity index (χ2n) is 6.42. The third-order valence-corrected chi connectivity index (χ3v) is 4.84.